The van der Waals surface area contributed by atoms with Gasteiger partial charge in [-0.05, 0) is 68.7 Å². The second-order valence-electron chi connectivity index (χ2n) is 5.49. The lowest BCUT2D eigenvalue weighted by Crippen LogP contribution is -2.18. The quantitative estimate of drug-likeness (QED) is 0.573. The van der Waals surface area contributed by atoms with Gasteiger partial charge in [0, 0.05) is 23.2 Å². The summed E-state index contributed by atoms with van der Waals surface area (Å²) in [5.74, 6) is 0.916. The largest absolute Gasteiger partial charge is 0.489 e. The SMILES string of the molecule is CC(C)OCCCNCc1cc(Br)cc(Br)c1OC(C)C. The van der Waals surface area contributed by atoms with Crippen molar-refractivity contribution in [3.63, 3.8) is 0 Å². The minimum Gasteiger partial charge on any atom is -0.489 e. The molecule has 1 N–H and O–H groups in total. The molecule has 0 heterocycles. The Morgan fingerprint density at radius 2 is 1.81 bits per heavy atom. The van der Waals surface area contributed by atoms with Gasteiger partial charge in [-0.15, -0.1) is 0 Å². The summed E-state index contributed by atoms with van der Waals surface area (Å²) >= 11 is 7.10. The fourth-order valence-electron chi connectivity index (χ4n) is 1.85. The molecule has 1 aromatic carbocycles. The maximum atomic E-state index is 5.91. The Morgan fingerprint density at radius 1 is 1.10 bits per heavy atom. The van der Waals surface area contributed by atoms with Crippen LogP contribution in [0.4, 0.5) is 0 Å². The van der Waals surface area contributed by atoms with Gasteiger partial charge in [0.25, 0.3) is 0 Å². The molecule has 1 rings (SSSR count). The number of benzene rings is 1. The highest BCUT2D eigenvalue weighted by atomic mass is 79.9. The maximum Gasteiger partial charge on any atom is 0.138 e. The van der Waals surface area contributed by atoms with Crippen molar-refractivity contribution in [1.29, 1.82) is 0 Å². The summed E-state index contributed by atoms with van der Waals surface area (Å²) in [6.07, 6.45) is 1.46. The molecule has 120 valence electrons. The second-order valence-corrected chi connectivity index (χ2v) is 7.26. The average Bonchev–Trinajstić information content (AvgIpc) is 2.36. The van der Waals surface area contributed by atoms with Crippen LogP contribution in [-0.2, 0) is 11.3 Å². The molecule has 5 heteroatoms. The number of nitrogens with one attached hydrogen (secondary N) is 1. The summed E-state index contributed by atoms with van der Waals surface area (Å²) in [5, 5.41) is 3.44. The van der Waals surface area contributed by atoms with Gasteiger partial charge in [-0.25, -0.2) is 0 Å². The lowest BCUT2D eigenvalue weighted by molar-refractivity contribution is 0.0770. The van der Waals surface area contributed by atoms with Gasteiger partial charge in [-0.1, -0.05) is 15.9 Å². The van der Waals surface area contributed by atoms with Gasteiger partial charge < -0.3 is 14.8 Å². The van der Waals surface area contributed by atoms with E-state index in [1.807, 2.05) is 19.9 Å². The molecule has 0 saturated heterocycles. The van der Waals surface area contributed by atoms with Crippen LogP contribution in [0.15, 0.2) is 21.1 Å². The molecule has 0 unspecified atom stereocenters. The minimum atomic E-state index is 0.153. The molecular weight excluding hydrogens is 398 g/mol. The highest BCUT2D eigenvalue weighted by Crippen LogP contribution is 2.33. The summed E-state index contributed by atoms with van der Waals surface area (Å²) in [6.45, 7) is 10.7. The van der Waals surface area contributed by atoms with Gasteiger partial charge in [0.15, 0.2) is 0 Å². The average molecular weight is 423 g/mol. The van der Waals surface area contributed by atoms with Crippen LogP contribution < -0.4 is 10.1 Å². The lowest BCUT2D eigenvalue weighted by Gasteiger charge is -2.17. The van der Waals surface area contributed by atoms with Crippen LogP contribution >= 0.6 is 31.9 Å². The van der Waals surface area contributed by atoms with E-state index in [1.165, 1.54) is 0 Å². The smallest absolute Gasteiger partial charge is 0.138 e. The summed E-state index contributed by atoms with van der Waals surface area (Å²) in [6, 6.07) is 4.11. The zero-order valence-electron chi connectivity index (χ0n) is 13.2. The number of rotatable bonds is 9. The molecule has 21 heavy (non-hydrogen) atoms. The maximum absolute atomic E-state index is 5.91. The fraction of sp³-hybridized carbons (Fsp3) is 0.625. The van der Waals surface area contributed by atoms with Crippen molar-refractivity contribution in [2.24, 2.45) is 0 Å². The van der Waals surface area contributed by atoms with E-state index in [2.05, 4.69) is 57.1 Å². The van der Waals surface area contributed by atoms with Gasteiger partial charge in [-0.2, -0.15) is 0 Å². The molecule has 0 aliphatic carbocycles. The predicted molar refractivity (Wildman–Crippen MR) is 95.0 cm³/mol. The van der Waals surface area contributed by atoms with Crippen LogP contribution in [-0.4, -0.2) is 25.4 Å². The van der Waals surface area contributed by atoms with E-state index in [4.69, 9.17) is 9.47 Å². The van der Waals surface area contributed by atoms with Crippen molar-refractivity contribution < 1.29 is 9.47 Å². The van der Waals surface area contributed by atoms with Crippen LogP contribution in [0.1, 0.15) is 39.7 Å². The third-order valence-corrected chi connectivity index (χ3v) is 3.75. The molecule has 0 atom stereocenters. The monoisotopic (exact) mass is 421 g/mol. The molecule has 0 aliphatic rings. The number of ether oxygens (including phenoxy) is 2. The van der Waals surface area contributed by atoms with Crippen LogP contribution in [0.5, 0.6) is 5.75 Å². The molecule has 0 aliphatic heterocycles. The van der Waals surface area contributed by atoms with E-state index in [1.54, 1.807) is 0 Å². The third kappa shape index (κ3) is 7.63. The molecule has 0 amide bonds. The lowest BCUT2D eigenvalue weighted by atomic mass is 10.2. The summed E-state index contributed by atoms with van der Waals surface area (Å²) in [7, 11) is 0. The standard InChI is InChI=1S/C16H25Br2NO2/c1-11(2)20-7-5-6-19-10-13-8-14(17)9-15(18)16(13)21-12(3)4/h8-9,11-12,19H,5-7,10H2,1-4H3. The normalized spacial score (nSPS) is 11.4. The summed E-state index contributed by atoms with van der Waals surface area (Å²) in [4.78, 5) is 0. The van der Waals surface area contributed by atoms with E-state index in [-0.39, 0.29) is 6.10 Å². The first-order chi connectivity index (χ1) is 9.90. The van der Waals surface area contributed by atoms with Gasteiger partial charge in [0.05, 0.1) is 16.7 Å². The molecule has 0 fully saturated rings. The molecule has 0 saturated carbocycles. The number of hydrogen-bond donors (Lipinski definition) is 1. The summed E-state index contributed by atoms with van der Waals surface area (Å²) < 4.78 is 13.5. The topological polar surface area (TPSA) is 30.5 Å². The molecule has 3 nitrogen and oxygen atoms in total. The van der Waals surface area contributed by atoms with Crippen molar-refractivity contribution in [1.82, 2.24) is 5.32 Å². The van der Waals surface area contributed by atoms with Gasteiger partial charge in [0.2, 0.25) is 0 Å². The Morgan fingerprint density at radius 3 is 2.43 bits per heavy atom. The fourth-order valence-corrected chi connectivity index (χ4v) is 3.26. The van der Waals surface area contributed by atoms with Crippen LogP contribution in [0, 0.1) is 0 Å². The van der Waals surface area contributed by atoms with Crippen LogP contribution in [0.2, 0.25) is 0 Å². The van der Waals surface area contributed by atoms with Crippen LogP contribution in [0.25, 0.3) is 0 Å². The van der Waals surface area contributed by atoms with E-state index in [0.717, 1.165) is 46.4 Å². The van der Waals surface area contributed by atoms with Crippen molar-refractivity contribution in [2.45, 2.75) is 52.9 Å². The summed E-state index contributed by atoms with van der Waals surface area (Å²) in [5.41, 5.74) is 1.15. The molecule has 0 aromatic heterocycles. The minimum absolute atomic E-state index is 0.153. The Bertz CT molecular complexity index is 437. The first-order valence-corrected chi connectivity index (χ1v) is 8.95. The Labute approximate surface area is 145 Å². The third-order valence-electron chi connectivity index (χ3n) is 2.70. The van der Waals surface area contributed by atoms with E-state index in [0.29, 0.717) is 6.10 Å². The zero-order valence-corrected chi connectivity index (χ0v) is 16.4. The van der Waals surface area contributed by atoms with E-state index >= 15 is 0 Å². The highest BCUT2D eigenvalue weighted by Gasteiger charge is 2.11. The molecule has 0 spiro atoms. The Kier molecular flexibility index (Phi) is 8.86. The molecule has 1 aromatic rings. The highest BCUT2D eigenvalue weighted by molar-refractivity contribution is 9.11. The van der Waals surface area contributed by atoms with Crippen molar-refractivity contribution >= 4 is 31.9 Å². The molecule has 0 radical (unpaired) electrons. The van der Waals surface area contributed by atoms with E-state index in [9.17, 15) is 0 Å². The molecule has 0 bridgehead atoms. The Hall–Kier alpha value is -0.100. The predicted octanol–water partition coefficient (Wildman–Crippen LogP) is 4.90. The van der Waals surface area contributed by atoms with E-state index < -0.39 is 0 Å². The first-order valence-electron chi connectivity index (χ1n) is 7.37. The van der Waals surface area contributed by atoms with Crippen LogP contribution in [0.3, 0.4) is 0 Å². The van der Waals surface area contributed by atoms with Crippen molar-refractivity contribution in [3.8, 4) is 5.75 Å². The van der Waals surface area contributed by atoms with Gasteiger partial charge >= 0.3 is 0 Å². The van der Waals surface area contributed by atoms with Crippen molar-refractivity contribution in [3.05, 3.63) is 26.6 Å². The molecular formula is C16H25Br2NO2. The number of hydrogen-bond acceptors (Lipinski definition) is 3. The first kappa shape index (κ1) is 18.9. The zero-order chi connectivity index (χ0) is 15.8. The second kappa shape index (κ2) is 9.82. The van der Waals surface area contributed by atoms with Gasteiger partial charge in [0.1, 0.15) is 5.75 Å². The number of halogens is 2. The van der Waals surface area contributed by atoms with Crippen molar-refractivity contribution in [2.75, 3.05) is 13.2 Å². The Balaban J connectivity index is 2.53. The van der Waals surface area contributed by atoms with Gasteiger partial charge in [-0.3, -0.25) is 0 Å².